The van der Waals surface area contributed by atoms with Crippen LogP contribution in [0.5, 0.6) is 0 Å². The number of benzene rings is 1. The third-order valence-corrected chi connectivity index (χ3v) is 3.79. The second kappa shape index (κ2) is 7.76. The van der Waals surface area contributed by atoms with E-state index in [0.29, 0.717) is 37.1 Å². The molecule has 0 spiro atoms. The number of amides is 2. The van der Waals surface area contributed by atoms with Crippen molar-refractivity contribution >= 4 is 31.2 Å². The van der Waals surface area contributed by atoms with Gasteiger partial charge in [-0.15, -0.1) is 0 Å². The molecule has 0 radical (unpaired) electrons. The highest BCUT2D eigenvalue weighted by molar-refractivity contribution is 6.36. The molecule has 0 aromatic heterocycles. The topological polar surface area (TPSA) is 67.9 Å². The molecule has 1 heterocycles. The number of nitrogens with one attached hydrogen (secondary N) is 1. The summed E-state index contributed by atoms with van der Waals surface area (Å²) in [6, 6.07) is 4.12. The number of piperidine rings is 1. The van der Waals surface area contributed by atoms with Crippen LogP contribution in [0.15, 0.2) is 18.2 Å². The molecule has 2 rings (SSSR count). The Morgan fingerprint density at radius 3 is 2.48 bits per heavy atom. The summed E-state index contributed by atoms with van der Waals surface area (Å²) in [5, 5.41) is 2.62. The van der Waals surface area contributed by atoms with E-state index in [1.165, 1.54) is 18.2 Å². The largest absolute Gasteiger partial charge is 0.446 e. The molecule has 1 aromatic carbocycles. The Balaban J connectivity index is 1.79. The Morgan fingerprint density at radius 2 is 1.92 bits per heavy atom. The summed E-state index contributed by atoms with van der Waals surface area (Å²) in [5.41, 5.74) is 0.603. The van der Waals surface area contributed by atoms with Crippen molar-refractivity contribution in [2.75, 3.05) is 18.4 Å². The van der Waals surface area contributed by atoms with E-state index in [2.05, 4.69) is 5.32 Å². The molecule has 8 heteroatoms. The summed E-state index contributed by atoms with van der Waals surface area (Å²) in [5.74, 6) is -0.356. The van der Waals surface area contributed by atoms with Gasteiger partial charge in [-0.1, -0.05) is 5.46 Å². The monoisotopic (exact) mass is 350 g/mol. The molecular weight excluding hydrogens is 326 g/mol. The van der Waals surface area contributed by atoms with Crippen molar-refractivity contribution in [3.8, 4) is 0 Å². The zero-order chi connectivity index (χ0) is 18.6. The van der Waals surface area contributed by atoms with Crippen LogP contribution in [0.3, 0.4) is 0 Å². The van der Waals surface area contributed by atoms with E-state index in [4.69, 9.17) is 9.47 Å². The van der Waals surface area contributed by atoms with Gasteiger partial charge in [-0.3, -0.25) is 5.32 Å². The molecule has 0 aliphatic carbocycles. The third-order valence-electron chi connectivity index (χ3n) is 3.79. The fraction of sp³-hybridized carbons (Fsp3) is 0.529. The minimum absolute atomic E-state index is 0.264. The molecule has 6 nitrogen and oxygen atoms in total. The number of nitrogens with zero attached hydrogens (tertiary/aromatic N) is 1. The smallest absolute Gasteiger partial charge is 0.411 e. The van der Waals surface area contributed by atoms with E-state index in [9.17, 15) is 14.0 Å². The fourth-order valence-electron chi connectivity index (χ4n) is 2.54. The van der Waals surface area contributed by atoms with Gasteiger partial charge in [-0.25, -0.2) is 14.0 Å². The second-order valence-electron chi connectivity index (χ2n) is 7.16. The summed E-state index contributed by atoms with van der Waals surface area (Å²) >= 11 is 0. The van der Waals surface area contributed by atoms with Gasteiger partial charge in [-0.2, -0.15) is 0 Å². The normalized spacial score (nSPS) is 15.6. The molecule has 1 aliphatic heterocycles. The quantitative estimate of drug-likeness (QED) is 0.829. The van der Waals surface area contributed by atoms with Gasteiger partial charge in [-0.05, 0) is 39.0 Å². The number of ether oxygens (including phenoxy) is 2. The first-order chi connectivity index (χ1) is 11.6. The number of halogens is 1. The van der Waals surface area contributed by atoms with E-state index in [0.717, 1.165) is 0 Å². The molecule has 1 saturated heterocycles. The van der Waals surface area contributed by atoms with Crippen molar-refractivity contribution in [3.63, 3.8) is 0 Å². The van der Waals surface area contributed by atoms with Gasteiger partial charge in [0.05, 0.1) is 0 Å². The molecule has 0 atom stereocenters. The number of anilines is 1. The molecular formula is C17H24BFN2O4. The number of rotatable bonds is 2. The summed E-state index contributed by atoms with van der Waals surface area (Å²) < 4.78 is 23.8. The third kappa shape index (κ3) is 5.96. The molecule has 0 unspecified atom stereocenters. The van der Waals surface area contributed by atoms with E-state index in [1.807, 2.05) is 20.8 Å². The van der Waals surface area contributed by atoms with E-state index < -0.39 is 11.7 Å². The van der Waals surface area contributed by atoms with Crippen molar-refractivity contribution in [2.24, 2.45) is 0 Å². The SMILES string of the molecule is Bc1cc(F)ccc1NC(=O)OC1CCN(C(=O)OC(C)(C)C)CC1. The Hall–Kier alpha value is -2.25. The average molecular weight is 350 g/mol. The average Bonchev–Trinajstić information content (AvgIpc) is 2.49. The first-order valence-corrected chi connectivity index (χ1v) is 8.36. The van der Waals surface area contributed by atoms with Crippen LogP contribution in [0, 0.1) is 5.82 Å². The summed E-state index contributed by atoms with van der Waals surface area (Å²) in [6.45, 7) is 6.42. The Labute approximate surface area is 148 Å². The lowest BCUT2D eigenvalue weighted by atomic mass is 9.94. The molecule has 0 saturated carbocycles. The predicted octanol–water partition coefficient (Wildman–Crippen LogP) is 2.03. The lowest BCUT2D eigenvalue weighted by Crippen LogP contribution is -2.44. The van der Waals surface area contributed by atoms with Crippen molar-refractivity contribution < 1.29 is 23.5 Å². The standard InChI is InChI=1S/C17H24BFN2O4/c1-17(2,3)25-16(23)21-8-6-12(7-9-21)24-15(22)20-14-5-4-11(19)10-13(14)18/h4-5,10,12H,6-9,18H2,1-3H3,(H,20,22). The molecule has 1 N–H and O–H groups in total. The zero-order valence-electron chi connectivity index (χ0n) is 15.1. The van der Waals surface area contributed by atoms with Crippen LogP contribution in [-0.4, -0.2) is 49.7 Å². The van der Waals surface area contributed by atoms with E-state index in [-0.39, 0.29) is 18.0 Å². The lowest BCUT2D eigenvalue weighted by Gasteiger charge is -2.33. The first-order valence-electron chi connectivity index (χ1n) is 8.36. The van der Waals surface area contributed by atoms with Crippen LogP contribution in [-0.2, 0) is 9.47 Å². The Morgan fingerprint density at radius 1 is 1.28 bits per heavy atom. The van der Waals surface area contributed by atoms with Gasteiger partial charge in [0, 0.05) is 31.6 Å². The van der Waals surface area contributed by atoms with Crippen LogP contribution in [0.25, 0.3) is 0 Å². The van der Waals surface area contributed by atoms with Crippen molar-refractivity contribution in [3.05, 3.63) is 24.0 Å². The van der Waals surface area contributed by atoms with Crippen molar-refractivity contribution in [2.45, 2.75) is 45.3 Å². The Bertz CT molecular complexity index is 640. The van der Waals surface area contributed by atoms with Crippen LogP contribution < -0.4 is 10.8 Å². The van der Waals surface area contributed by atoms with Gasteiger partial charge >= 0.3 is 12.2 Å². The maximum atomic E-state index is 13.1. The predicted molar refractivity (Wildman–Crippen MR) is 95.5 cm³/mol. The number of hydrogen-bond donors (Lipinski definition) is 1. The van der Waals surface area contributed by atoms with Crippen molar-refractivity contribution in [1.82, 2.24) is 4.90 Å². The molecule has 1 aliphatic rings. The minimum atomic E-state index is -0.578. The van der Waals surface area contributed by atoms with Crippen LogP contribution in [0.1, 0.15) is 33.6 Å². The highest BCUT2D eigenvalue weighted by Gasteiger charge is 2.28. The summed E-state index contributed by atoms with van der Waals surface area (Å²) in [6.07, 6.45) is -0.0911. The zero-order valence-corrected chi connectivity index (χ0v) is 15.1. The maximum Gasteiger partial charge on any atom is 0.411 e. The first kappa shape index (κ1) is 19.1. The fourth-order valence-corrected chi connectivity index (χ4v) is 2.54. The number of carbonyl (C=O) groups excluding carboxylic acids is 2. The molecule has 0 bridgehead atoms. The van der Waals surface area contributed by atoms with Crippen molar-refractivity contribution in [1.29, 1.82) is 0 Å². The lowest BCUT2D eigenvalue weighted by molar-refractivity contribution is 0.00794. The number of carbonyl (C=O) groups is 2. The highest BCUT2D eigenvalue weighted by Crippen LogP contribution is 2.18. The van der Waals surface area contributed by atoms with E-state index >= 15 is 0 Å². The van der Waals surface area contributed by atoms with Crippen LogP contribution >= 0.6 is 0 Å². The van der Waals surface area contributed by atoms with Gasteiger partial charge < -0.3 is 14.4 Å². The molecule has 136 valence electrons. The van der Waals surface area contributed by atoms with Crippen LogP contribution in [0.4, 0.5) is 19.7 Å². The molecule has 25 heavy (non-hydrogen) atoms. The molecule has 1 aromatic rings. The number of likely N-dealkylation sites (tertiary alicyclic amines) is 1. The second-order valence-corrected chi connectivity index (χ2v) is 7.16. The van der Waals surface area contributed by atoms with Crippen LogP contribution in [0.2, 0.25) is 0 Å². The molecule has 2 amide bonds. The number of hydrogen-bond acceptors (Lipinski definition) is 4. The van der Waals surface area contributed by atoms with Gasteiger partial charge in [0.2, 0.25) is 0 Å². The Kier molecular flexibility index (Phi) is 5.92. The van der Waals surface area contributed by atoms with E-state index in [1.54, 1.807) is 12.7 Å². The van der Waals surface area contributed by atoms with Gasteiger partial charge in [0.1, 0.15) is 25.4 Å². The summed E-state index contributed by atoms with van der Waals surface area (Å²) in [4.78, 5) is 25.6. The van der Waals surface area contributed by atoms with Gasteiger partial charge in [0.25, 0.3) is 0 Å². The molecule has 1 fully saturated rings. The highest BCUT2D eigenvalue weighted by atomic mass is 19.1. The van der Waals surface area contributed by atoms with Gasteiger partial charge in [0.15, 0.2) is 0 Å². The maximum absolute atomic E-state index is 13.1. The summed E-state index contributed by atoms with van der Waals surface area (Å²) in [7, 11) is 1.71. The minimum Gasteiger partial charge on any atom is -0.446 e.